The molecule has 1 fully saturated rings. The molecule has 2 aromatic rings. The Morgan fingerprint density at radius 1 is 1.05 bits per heavy atom. The van der Waals surface area contributed by atoms with E-state index in [0.29, 0.717) is 35.2 Å². The molecule has 41 heavy (non-hydrogen) atoms. The summed E-state index contributed by atoms with van der Waals surface area (Å²) in [7, 11) is 0. The first-order chi connectivity index (χ1) is 19.4. The number of allylic oxidation sites excluding steroid dienone is 5. The third-order valence-electron chi connectivity index (χ3n) is 7.00. The Kier molecular flexibility index (Phi) is 10.5. The van der Waals surface area contributed by atoms with Gasteiger partial charge in [0, 0.05) is 5.69 Å². The van der Waals surface area contributed by atoms with Crippen LogP contribution in [0.1, 0.15) is 50.7 Å². The molecule has 0 saturated heterocycles. The summed E-state index contributed by atoms with van der Waals surface area (Å²) in [6.45, 7) is 10.9. The van der Waals surface area contributed by atoms with Crippen molar-refractivity contribution in [2.45, 2.75) is 57.7 Å². The average molecular weight is 569 g/mol. The van der Waals surface area contributed by atoms with Crippen LogP contribution in [0.5, 0.6) is 0 Å². The Labute approximate surface area is 238 Å². The second kappa shape index (κ2) is 13.6. The number of nitrogens with one attached hydrogen (secondary N) is 2. The van der Waals surface area contributed by atoms with Gasteiger partial charge in [-0.15, -0.1) is 0 Å². The number of carbonyl (C=O) groups is 1. The van der Waals surface area contributed by atoms with Gasteiger partial charge >= 0.3 is 6.18 Å². The molecule has 8 heteroatoms. The molecular weight excluding hydrogens is 532 g/mol. The van der Waals surface area contributed by atoms with Gasteiger partial charge in [-0.25, -0.2) is 4.39 Å². The predicted molar refractivity (Wildman–Crippen MR) is 157 cm³/mol. The van der Waals surface area contributed by atoms with Gasteiger partial charge in [-0.1, -0.05) is 75.4 Å². The highest BCUT2D eigenvalue weighted by molar-refractivity contribution is 6.06. The maximum absolute atomic E-state index is 14.9. The number of alkyl halides is 3. The summed E-state index contributed by atoms with van der Waals surface area (Å²) in [5.41, 5.74) is -1.52. The van der Waals surface area contributed by atoms with E-state index in [-0.39, 0.29) is 5.69 Å². The standard InChI is InChI=1S/C33H36F4N2O2/c1-5-7-8-9-22(3)32(41,19-18-25-10-11-25)26-14-17-28(34)29(21-26)39-31(40)30(20-23(4)33(35,36)37)38-27-15-12-24(6-2)13-16-27/h5,7-9,12-17,20-21,25,38,41H,3-4,6,10-11,18-19H2,1-2H3,(H,39,40)/b7-5-,9-8-,30-20-. The van der Waals surface area contributed by atoms with E-state index in [1.807, 2.05) is 19.9 Å². The number of hydrogen-bond acceptors (Lipinski definition) is 3. The van der Waals surface area contributed by atoms with Gasteiger partial charge in [0.2, 0.25) is 0 Å². The quantitative estimate of drug-likeness (QED) is 0.129. The van der Waals surface area contributed by atoms with Crippen LogP contribution in [0.2, 0.25) is 0 Å². The second-order valence-corrected chi connectivity index (χ2v) is 10.2. The first kappa shape index (κ1) is 31.6. The van der Waals surface area contributed by atoms with Crippen LogP contribution in [0.15, 0.2) is 103 Å². The van der Waals surface area contributed by atoms with E-state index in [1.165, 1.54) is 12.1 Å². The van der Waals surface area contributed by atoms with Gasteiger partial charge in [-0.2, -0.15) is 13.2 Å². The molecule has 0 aromatic heterocycles. The largest absolute Gasteiger partial charge is 0.415 e. The van der Waals surface area contributed by atoms with Gasteiger partial charge in [-0.3, -0.25) is 4.79 Å². The Morgan fingerprint density at radius 3 is 2.32 bits per heavy atom. The lowest BCUT2D eigenvalue weighted by Crippen LogP contribution is -2.28. The number of anilines is 2. The van der Waals surface area contributed by atoms with E-state index in [9.17, 15) is 27.5 Å². The van der Waals surface area contributed by atoms with Crippen molar-refractivity contribution in [1.82, 2.24) is 0 Å². The molecule has 218 valence electrons. The molecule has 0 heterocycles. The normalized spacial score (nSPS) is 15.6. The van der Waals surface area contributed by atoms with Crippen LogP contribution >= 0.6 is 0 Å². The van der Waals surface area contributed by atoms with Crippen LogP contribution in [0.4, 0.5) is 28.9 Å². The van der Waals surface area contributed by atoms with Crippen molar-refractivity contribution >= 4 is 17.3 Å². The first-order valence-corrected chi connectivity index (χ1v) is 13.5. The molecule has 0 bridgehead atoms. The molecular formula is C33H36F4N2O2. The summed E-state index contributed by atoms with van der Waals surface area (Å²) in [6.07, 6.45) is 6.80. The van der Waals surface area contributed by atoms with Gasteiger partial charge in [0.25, 0.3) is 5.91 Å². The summed E-state index contributed by atoms with van der Waals surface area (Å²) < 4.78 is 54.8. The molecule has 1 aliphatic rings. The van der Waals surface area contributed by atoms with E-state index >= 15 is 0 Å². The van der Waals surface area contributed by atoms with Crippen molar-refractivity contribution in [2.24, 2.45) is 5.92 Å². The average Bonchev–Trinajstić information content (AvgIpc) is 3.77. The number of hydrogen-bond donors (Lipinski definition) is 3. The molecule has 1 unspecified atom stereocenters. The zero-order valence-electron chi connectivity index (χ0n) is 23.3. The summed E-state index contributed by atoms with van der Waals surface area (Å²) in [4.78, 5) is 13.2. The van der Waals surface area contributed by atoms with Crippen LogP contribution in [-0.4, -0.2) is 17.2 Å². The Morgan fingerprint density at radius 2 is 1.73 bits per heavy atom. The molecule has 0 spiro atoms. The number of aliphatic hydroxyl groups is 1. The van der Waals surface area contributed by atoms with Crippen molar-refractivity contribution in [2.75, 3.05) is 10.6 Å². The maximum atomic E-state index is 14.9. The third-order valence-corrected chi connectivity index (χ3v) is 7.00. The minimum atomic E-state index is -4.77. The molecule has 3 N–H and O–H groups in total. The van der Waals surface area contributed by atoms with Crippen LogP contribution in [-0.2, 0) is 16.8 Å². The van der Waals surface area contributed by atoms with E-state index in [2.05, 4.69) is 23.8 Å². The topological polar surface area (TPSA) is 61.4 Å². The Balaban J connectivity index is 1.95. The van der Waals surface area contributed by atoms with Gasteiger partial charge in [-0.05, 0) is 79.1 Å². The summed E-state index contributed by atoms with van der Waals surface area (Å²) in [5, 5.41) is 16.8. The van der Waals surface area contributed by atoms with Gasteiger partial charge in [0.1, 0.15) is 17.1 Å². The van der Waals surface area contributed by atoms with E-state index in [1.54, 1.807) is 42.5 Å². The summed E-state index contributed by atoms with van der Waals surface area (Å²) in [5.74, 6) is -1.33. The molecule has 0 radical (unpaired) electrons. The fraction of sp³-hybridized carbons (Fsp3) is 0.303. The van der Waals surface area contributed by atoms with Crippen molar-refractivity contribution in [3.8, 4) is 0 Å². The highest BCUT2D eigenvalue weighted by atomic mass is 19.4. The SMILES string of the molecule is C=C(/C=C(\Nc1ccc(CC)cc1)C(=O)Nc1cc(C(O)(CCC2CC2)C(=C)/C=C\C=C/C)ccc1F)C(F)(F)F. The van der Waals surface area contributed by atoms with Crippen molar-refractivity contribution in [3.05, 3.63) is 120 Å². The fourth-order valence-corrected chi connectivity index (χ4v) is 4.19. The molecule has 1 saturated carbocycles. The zero-order valence-corrected chi connectivity index (χ0v) is 23.3. The number of carbonyl (C=O) groups excluding carboxylic acids is 1. The van der Waals surface area contributed by atoms with Crippen LogP contribution < -0.4 is 10.6 Å². The van der Waals surface area contributed by atoms with Gasteiger partial charge in [0.05, 0.1) is 11.3 Å². The monoisotopic (exact) mass is 568 g/mol. The molecule has 3 rings (SSSR count). The molecule has 1 atom stereocenters. The van der Waals surface area contributed by atoms with Crippen LogP contribution in [0.25, 0.3) is 0 Å². The highest BCUT2D eigenvalue weighted by Gasteiger charge is 2.35. The van der Waals surface area contributed by atoms with Crippen molar-refractivity contribution in [3.63, 3.8) is 0 Å². The molecule has 1 aliphatic carbocycles. The minimum Gasteiger partial charge on any atom is -0.380 e. The van der Waals surface area contributed by atoms with Crippen LogP contribution in [0, 0.1) is 11.7 Å². The molecule has 4 nitrogen and oxygen atoms in total. The molecule has 2 aromatic carbocycles. The van der Waals surface area contributed by atoms with Crippen molar-refractivity contribution < 1.29 is 27.5 Å². The number of rotatable bonds is 13. The Hall–Kier alpha value is -3.91. The Bertz CT molecular complexity index is 1350. The van der Waals surface area contributed by atoms with E-state index in [0.717, 1.165) is 37.3 Å². The number of aryl methyl sites for hydroxylation is 1. The predicted octanol–water partition coefficient (Wildman–Crippen LogP) is 8.51. The minimum absolute atomic E-state index is 0.297. The smallest absolute Gasteiger partial charge is 0.380 e. The van der Waals surface area contributed by atoms with E-state index < -0.39 is 34.8 Å². The summed E-state index contributed by atoms with van der Waals surface area (Å²) >= 11 is 0. The zero-order chi connectivity index (χ0) is 30.2. The van der Waals surface area contributed by atoms with Crippen LogP contribution in [0.3, 0.4) is 0 Å². The lowest BCUT2D eigenvalue weighted by molar-refractivity contribution is -0.112. The molecule has 0 aliphatic heterocycles. The number of halogens is 4. The third kappa shape index (κ3) is 8.79. The van der Waals surface area contributed by atoms with Crippen molar-refractivity contribution in [1.29, 1.82) is 0 Å². The second-order valence-electron chi connectivity index (χ2n) is 10.2. The number of amides is 1. The maximum Gasteiger partial charge on any atom is 0.415 e. The lowest BCUT2D eigenvalue weighted by atomic mass is 9.81. The highest BCUT2D eigenvalue weighted by Crippen LogP contribution is 2.42. The van der Waals surface area contributed by atoms with Gasteiger partial charge in [0.15, 0.2) is 0 Å². The fourth-order valence-electron chi connectivity index (χ4n) is 4.19. The number of benzene rings is 2. The molecule has 1 amide bonds. The lowest BCUT2D eigenvalue weighted by Gasteiger charge is -2.30. The summed E-state index contributed by atoms with van der Waals surface area (Å²) in [6, 6.07) is 10.6. The first-order valence-electron chi connectivity index (χ1n) is 13.5. The van der Waals surface area contributed by atoms with E-state index in [4.69, 9.17) is 0 Å². The van der Waals surface area contributed by atoms with Gasteiger partial charge < -0.3 is 15.7 Å².